The molecule has 0 radical (unpaired) electrons. The van der Waals surface area contributed by atoms with Crippen molar-refractivity contribution in [2.24, 2.45) is 0 Å². The highest BCUT2D eigenvalue weighted by Crippen LogP contribution is 2.43. The van der Waals surface area contributed by atoms with Crippen molar-refractivity contribution in [3.63, 3.8) is 0 Å². The molecule has 1 saturated heterocycles. The Hall–Kier alpha value is -3.32. The zero-order valence-corrected chi connectivity index (χ0v) is 21.5. The van der Waals surface area contributed by atoms with Crippen LogP contribution in [0.25, 0.3) is 5.76 Å². The number of nitrogens with zero attached hydrogens (tertiary/aromatic N) is 2. The number of hydrogen-bond acceptors (Lipinski definition) is 6. The molecule has 1 N–H and O–H groups in total. The number of benzene rings is 2. The van der Waals surface area contributed by atoms with E-state index in [4.69, 9.17) is 9.47 Å². The molecular weight excluding hydrogens is 444 g/mol. The third kappa shape index (κ3) is 5.85. The quantitative estimate of drug-likeness (QED) is 0.305. The Morgan fingerprint density at radius 3 is 2.46 bits per heavy atom. The van der Waals surface area contributed by atoms with Gasteiger partial charge in [0.25, 0.3) is 11.7 Å². The van der Waals surface area contributed by atoms with E-state index in [0.717, 1.165) is 12.1 Å². The van der Waals surface area contributed by atoms with Crippen molar-refractivity contribution >= 4 is 17.4 Å². The maximum Gasteiger partial charge on any atom is 0.295 e. The van der Waals surface area contributed by atoms with Gasteiger partial charge in [-0.15, -0.1) is 0 Å². The van der Waals surface area contributed by atoms with E-state index < -0.39 is 17.7 Å². The van der Waals surface area contributed by atoms with Crippen molar-refractivity contribution < 1.29 is 24.2 Å². The van der Waals surface area contributed by atoms with Crippen LogP contribution in [0.2, 0.25) is 0 Å². The molecule has 1 amide bonds. The van der Waals surface area contributed by atoms with E-state index in [-0.39, 0.29) is 17.4 Å². The summed E-state index contributed by atoms with van der Waals surface area (Å²) >= 11 is 0. The second-order valence-electron chi connectivity index (χ2n) is 9.27. The number of likely N-dealkylation sites (tertiary alicyclic amines) is 1. The third-order valence-corrected chi connectivity index (χ3v) is 5.87. The molecule has 1 fully saturated rings. The topological polar surface area (TPSA) is 79.3 Å². The number of carbonyl (C=O) groups excluding carboxylic acids is 2. The Kier molecular flexibility index (Phi) is 8.57. The fourth-order valence-corrected chi connectivity index (χ4v) is 4.32. The number of Topliss-reactive ketones (excluding diaryl/α,β-unsaturated/α-hetero) is 1. The van der Waals surface area contributed by atoms with Crippen molar-refractivity contribution in [2.75, 3.05) is 33.8 Å². The summed E-state index contributed by atoms with van der Waals surface area (Å²) in [6, 6.07) is 11.9. The SMILES string of the molecule is CCOc1ccccc1C1/C(=C(\O)c2ccc(OC(C)C)c(C)c2)C(=O)C(=O)N1CCCN(C)C. The summed E-state index contributed by atoms with van der Waals surface area (Å²) in [7, 11) is 3.93. The van der Waals surface area contributed by atoms with Crippen LogP contribution >= 0.6 is 0 Å². The smallest absolute Gasteiger partial charge is 0.295 e. The van der Waals surface area contributed by atoms with E-state index in [9.17, 15) is 14.7 Å². The molecule has 0 saturated carbocycles. The fourth-order valence-electron chi connectivity index (χ4n) is 4.32. The van der Waals surface area contributed by atoms with Crippen molar-refractivity contribution in [1.29, 1.82) is 0 Å². The lowest BCUT2D eigenvalue weighted by Crippen LogP contribution is -2.32. The predicted octanol–water partition coefficient (Wildman–Crippen LogP) is 4.55. The second kappa shape index (κ2) is 11.4. The average Bonchev–Trinajstić information content (AvgIpc) is 3.05. The Balaban J connectivity index is 2.13. The minimum absolute atomic E-state index is 0.00991. The Morgan fingerprint density at radius 1 is 1.11 bits per heavy atom. The van der Waals surface area contributed by atoms with E-state index in [1.54, 1.807) is 23.1 Å². The molecule has 0 spiro atoms. The molecule has 0 aliphatic carbocycles. The first-order valence-corrected chi connectivity index (χ1v) is 12.1. The van der Waals surface area contributed by atoms with Crippen LogP contribution in [0.1, 0.15) is 49.9 Å². The summed E-state index contributed by atoms with van der Waals surface area (Å²) in [6.07, 6.45) is 0.698. The largest absolute Gasteiger partial charge is 0.507 e. The van der Waals surface area contributed by atoms with E-state index in [1.165, 1.54) is 0 Å². The zero-order valence-electron chi connectivity index (χ0n) is 21.5. The van der Waals surface area contributed by atoms with Gasteiger partial charge in [-0.2, -0.15) is 0 Å². The second-order valence-corrected chi connectivity index (χ2v) is 9.27. The number of aliphatic hydroxyl groups is 1. The standard InChI is InChI=1S/C28H36N2O5/c1-7-34-23-12-9-8-11-21(23)25-24(27(32)28(33)30(25)16-10-15-29(5)6)26(31)20-13-14-22(19(4)17-20)35-18(2)3/h8-9,11-14,17-18,25,31H,7,10,15-16H2,1-6H3/b26-24+. The Morgan fingerprint density at radius 2 is 1.83 bits per heavy atom. The predicted molar refractivity (Wildman–Crippen MR) is 137 cm³/mol. The lowest BCUT2D eigenvalue weighted by molar-refractivity contribution is -0.140. The molecule has 2 aromatic rings. The van der Waals surface area contributed by atoms with E-state index in [1.807, 2.05) is 71.0 Å². The number of para-hydroxylation sites is 1. The average molecular weight is 481 g/mol. The molecule has 7 nitrogen and oxygen atoms in total. The summed E-state index contributed by atoms with van der Waals surface area (Å²) in [5, 5.41) is 11.4. The van der Waals surface area contributed by atoms with Crippen LogP contribution in [-0.4, -0.2) is 66.5 Å². The molecule has 1 atom stereocenters. The molecular formula is C28H36N2O5. The summed E-state index contributed by atoms with van der Waals surface area (Å²) in [6.45, 7) is 9.24. The van der Waals surface area contributed by atoms with Crippen LogP contribution in [0.15, 0.2) is 48.0 Å². The van der Waals surface area contributed by atoms with Crippen LogP contribution in [-0.2, 0) is 9.59 Å². The molecule has 188 valence electrons. The number of ketones is 1. The fraction of sp³-hybridized carbons (Fsp3) is 0.429. The van der Waals surface area contributed by atoms with Gasteiger partial charge in [-0.05, 0) is 84.6 Å². The zero-order chi connectivity index (χ0) is 25.7. The Bertz CT molecular complexity index is 1110. The molecule has 1 aliphatic rings. The van der Waals surface area contributed by atoms with Crippen LogP contribution in [0.3, 0.4) is 0 Å². The van der Waals surface area contributed by atoms with Gasteiger partial charge in [-0.25, -0.2) is 0 Å². The highest BCUT2D eigenvalue weighted by atomic mass is 16.5. The van der Waals surface area contributed by atoms with Crippen LogP contribution in [0.4, 0.5) is 0 Å². The summed E-state index contributed by atoms with van der Waals surface area (Å²) in [5.74, 6) is -0.211. The van der Waals surface area contributed by atoms with Crippen molar-refractivity contribution in [3.8, 4) is 11.5 Å². The molecule has 0 aromatic heterocycles. The van der Waals surface area contributed by atoms with Crippen LogP contribution < -0.4 is 9.47 Å². The summed E-state index contributed by atoms with van der Waals surface area (Å²) in [4.78, 5) is 30.1. The highest BCUT2D eigenvalue weighted by Gasteiger charge is 2.46. The van der Waals surface area contributed by atoms with Crippen molar-refractivity contribution in [2.45, 2.75) is 46.3 Å². The van der Waals surface area contributed by atoms with Gasteiger partial charge in [0.05, 0.1) is 24.3 Å². The molecule has 2 aromatic carbocycles. The number of hydrogen-bond donors (Lipinski definition) is 1. The molecule has 0 bridgehead atoms. The van der Waals surface area contributed by atoms with E-state index in [2.05, 4.69) is 0 Å². The molecule has 1 heterocycles. The summed E-state index contributed by atoms with van der Waals surface area (Å²) in [5.41, 5.74) is 2.04. The minimum atomic E-state index is -0.744. The van der Waals surface area contributed by atoms with Gasteiger partial charge < -0.3 is 24.4 Å². The van der Waals surface area contributed by atoms with Gasteiger partial charge in [-0.3, -0.25) is 9.59 Å². The van der Waals surface area contributed by atoms with Gasteiger partial charge >= 0.3 is 0 Å². The molecule has 35 heavy (non-hydrogen) atoms. The maximum atomic E-state index is 13.3. The number of aliphatic hydroxyl groups excluding tert-OH is 1. The van der Waals surface area contributed by atoms with Crippen LogP contribution in [0.5, 0.6) is 11.5 Å². The molecule has 3 rings (SSSR count). The first kappa shape index (κ1) is 26.3. The van der Waals surface area contributed by atoms with Crippen molar-refractivity contribution in [3.05, 3.63) is 64.7 Å². The maximum absolute atomic E-state index is 13.3. The number of ether oxygens (including phenoxy) is 2. The monoisotopic (exact) mass is 480 g/mol. The minimum Gasteiger partial charge on any atom is -0.507 e. The lowest BCUT2D eigenvalue weighted by Gasteiger charge is -2.27. The van der Waals surface area contributed by atoms with Gasteiger partial charge in [0.1, 0.15) is 17.3 Å². The Labute approximate surface area is 207 Å². The summed E-state index contributed by atoms with van der Waals surface area (Å²) < 4.78 is 11.6. The number of carbonyl (C=O) groups is 2. The number of amides is 1. The van der Waals surface area contributed by atoms with Gasteiger partial charge in [0.15, 0.2) is 0 Å². The van der Waals surface area contributed by atoms with E-state index >= 15 is 0 Å². The third-order valence-electron chi connectivity index (χ3n) is 5.87. The molecule has 1 aliphatic heterocycles. The first-order valence-electron chi connectivity index (χ1n) is 12.1. The van der Waals surface area contributed by atoms with Gasteiger partial charge in [0, 0.05) is 17.7 Å². The molecule has 1 unspecified atom stereocenters. The van der Waals surface area contributed by atoms with Gasteiger partial charge in [-0.1, -0.05) is 18.2 Å². The van der Waals surface area contributed by atoms with Crippen molar-refractivity contribution in [1.82, 2.24) is 9.80 Å². The van der Waals surface area contributed by atoms with Crippen LogP contribution in [0, 0.1) is 6.92 Å². The highest BCUT2D eigenvalue weighted by molar-refractivity contribution is 6.46. The number of aryl methyl sites for hydroxylation is 1. The number of rotatable bonds is 10. The first-order chi connectivity index (χ1) is 16.6. The van der Waals surface area contributed by atoms with Gasteiger partial charge in [0.2, 0.25) is 0 Å². The van der Waals surface area contributed by atoms with E-state index in [0.29, 0.717) is 42.2 Å². The lowest BCUT2D eigenvalue weighted by atomic mass is 9.94. The molecule has 7 heteroatoms. The normalized spacial score (nSPS) is 17.5.